The van der Waals surface area contributed by atoms with E-state index in [4.69, 9.17) is 10.8 Å². The summed E-state index contributed by atoms with van der Waals surface area (Å²) < 4.78 is 0. The standard InChI is InChI=1S/C12H18N4O2/c1-15-3-2-4-16(6-5-15)11-7-9(12(17)18)10(13)8-14-11/h7-8H,2-6,13H2,1H3,(H,17,18). The normalized spacial score (nSPS) is 17.5. The van der Waals surface area contributed by atoms with E-state index in [9.17, 15) is 4.79 Å². The Morgan fingerprint density at radius 1 is 1.39 bits per heavy atom. The van der Waals surface area contributed by atoms with Gasteiger partial charge in [-0.15, -0.1) is 0 Å². The molecule has 1 aliphatic rings. The van der Waals surface area contributed by atoms with Gasteiger partial charge in [-0.2, -0.15) is 0 Å². The van der Waals surface area contributed by atoms with E-state index >= 15 is 0 Å². The fourth-order valence-electron chi connectivity index (χ4n) is 2.09. The molecule has 0 radical (unpaired) electrons. The lowest BCUT2D eigenvalue weighted by Crippen LogP contribution is -2.29. The first-order valence-electron chi connectivity index (χ1n) is 6.00. The van der Waals surface area contributed by atoms with Crippen molar-refractivity contribution < 1.29 is 9.90 Å². The molecule has 1 aromatic heterocycles. The number of hydrogen-bond donors (Lipinski definition) is 2. The summed E-state index contributed by atoms with van der Waals surface area (Å²) in [4.78, 5) is 19.6. The van der Waals surface area contributed by atoms with Gasteiger partial charge in [-0.1, -0.05) is 0 Å². The fraction of sp³-hybridized carbons (Fsp3) is 0.500. The zero-order valence-corrected chi connectivity index (χ0v) is 10.5. The van der Waals surface area contributed by atoms with Crippen molar-refractivity contribution in [3.63, 3.8) is 0 Å². The number of carboxylic acids is 1. The van der Waals surface area contributed by atoms with Crippen molar-refractivity contribution >= 4 is 17.5 Å². The molecular formula is C12H18N4O2. The molecule has 0 unspecified atom stereocenters. The van der Waals surface area contributed by atoms with E-state index in [1.807, 2.05) is 0 Å². The summed E-state index contributed by atoms with van der Waals surface area (Å²) in [5.74, 6) is -0.319. The number of aromatic nitrogens is 1. The first-order valence-corrected chi connectivity index (χ1v) is 6.00. The van der Waals surface area contributed by atoms with Gasteiger partial charge in [0.05, 0.1) is 17.4 Å². The number of carbonyl (C=O) groups is 1. The van der Waals surface area contributed by atoms with Crippen LogP contribution in [0.2, 0.25) is 0 Å². The van der Waals surface area contributed by atoms with E-state index in [0.717, 1.165) is 32.6 Å². The Morgan fingerprint density at radius 3 is 2.89 bits per heavy atom. The molecule has 1 fully saturated rings. The summed E-state index contributed by atoms with van der Waals surface area (Å²) in [7, 11) is 2.09. The number of nitrogens with two attached hydrogens (primary N) is 1. The van der Waals surface area contributed by atoms with Crippen molar-refractivity contribution in [2.75, 3.05) is 43.9 Å². The summed E-state index contributed by atoms with van der Waals surface area (Å²) in [5, 5.41) is 9.05. The van der Waals surface area contributed by atoms with Crippen molar-refractivity contribution in [2.45, 2.75) is 6.42 Å². The molecule has 1 saturated heterocycles. The molecule has 1 aromatic rings. The predicted octanol–water partition coefficient (Wildman–Crippen LogP) is 0.504. The third-order valence-electron chi connectivity index (χ3n) is 3.19. The van der Waals surface area contributed by atoms with Crippen LogP contribution in [-0.4, -0.2) is 54.2 Å². The Morgan fingerprint density at radius 2 is 2.17 bits per heavy atom. The van der Waals surface area contributed by atoms with Crippen molar-refractivity contribution in [1.29, 1.82) is 0 Å². The van der Waals surface area contributed by atoms with E-state index < -0.39 is 5.97 Å². The molecule has 0 amide bonds. The topological polar surface area (TPSA) is 82.7 Å². The van der Waals surface area contributed by atoms with Crippen LogP contribution in [0.5, 0.6) is 0 Å². The van der Waals surface area contributed by atoms with Crippen molar-refractivity contribution in [3.8, 4) is 0 Å². The van der Waals surface area contributed by atoms with Crippen LogP contribution in [0.25, 0.3) is 0 Å². The van der Waals surface area contributed by atoms with E-state index in [1.165, 1.54) is 6.20 Å². The fourth-order valence-corrected chi connectivity index (χ4v) is 2.09. The summed E-state index contributed by atoms with van der Waals surface area (Å²) in [6, 6.07) is 1.56. The predicted molar refractivity (Wildman–Crippen MR) is 69.9 cm³/mol. The quantitative estimate of drug-likeness (QED) is 0.795. The number of aromatic carboxylic acids is 1. The van der Waals surface area contributed by atoms with Gasteiger partial charge in [0, 0.05) is 19.6 Å². The summed E-state index contributed by atoms with van der Waals surface area (Å²) >= 11 is 0. The number of anilines is 2. The Labute approximate surface area is 106 Å². The maximum atomic E-state index is 11.0. The molecule has 6 heteroatoms. The monoisotopic (exact) mass is 250 g/mol. The average Bonchev–Trinajstić information content (AvgIpc) is 2.54. The van der Waals surface area contributed by atoms with Gasteiger partial charge in [-0.05, 0) is 26.1 Å². The highest BCUT2D eigenvalue weighted by Crippen LogP contribution is 2.19. The lowest BCUT2D eigenvalue weighted by Gasteiger charge is -2.22. The van der Waals surface area contributed by atoms with Gasteiger partial charge in [-0.3, -0.25) is 0 Å². The van der Waals surface area contributed by atoms with Crippen molar-refractivity contribution in [2.24, 2.45) is 0 Å². The van der Waals surface area contributed by atoms with Gasteiger partial charge in [0.15, 0.2) is 0 Å². The summed E-state index contributed by atoms with van der Waals surface area (Å²) in [6.07, 6.45) is 2.47. The largest absolute Gasteiger partial charge is 0.478 e. The van der Waals surface area contributed by atoms with Gasteiger partial charge >= 0.3 is 5.97 Å². The van der Waals surface area contributed by atoms with Crippen LogP contribution >= 0.6 is 0 Å². The molecule has 18 heavy (non-hydrogen) atoms. The van der Waals surface area contributed by atoms with Crippen LogP contribution in [-0.2, 0) is 0 Å². The molecule has 6 nitrogen and oxygen atoms in total. The minimum atomic E-state index is -1.01. The highest BCUT2D eigenvalue weighted by Gasteiger charge is 2.16. The minimum Gasteiger partial charge on any atom is -0.478 e. The molecule has 0 bridgehead atoms. The molecule has 0 atom stereocenters. The third kappa shape index (κ3) is 2.70. The number of nitrogens with zero attached hydrogens (tertiary/aromatic N) is 3. The highest BCUT2D eigenvalue weighted by molar-refractivity contribution is 5.94. The number of pyridine rings is 1. The van der Waals surface area contributed by atoms with E-state index in [1.54, 1.807) is 6.07 Å². The van der Waals surface area contributed by atoms with E-state index in [-0.39, 0.29) is 11.3 Å². The number of rotatable bonds is 2. The van der Waals surface area contributed by atoms with Crippen LogP contribution in [0, 0.1) is 0 Å². The molecule has 0 aromatic carbocycles. The number of hydrogen-bond acceptors (Lipinski definition) is 5. The molecule has 0 aliphatic carbocycles. The first kappa shape index (κ1) is 12.6. The zero-order valence-electron chi connectivity index (χ0n) is 10.5. The third-order valence-corrected chi connectivity index (χ3v) is 3.19. The van der Waals surface area contributed by atoms with Gasteiger partial charge in [0.1, 0.15) is 5.82 Å². The van der Waals surface area contributed by atoms with Crippen molar-refractivity contribution in [1.82, 2.24) is 9.88 Å². The van der Waals surface area contributed by atoms with Crippen LogP contribution < -0.4 is 10.6 Å². The molecule has 3 N–H and O–H groups in total. The summed E-state index contributed by atoms with van der Waals surface area (Å²) in [6.45, 7) is 3.75. The Bertz CT molecular complexity index is 450. The number of carboxylic acid groups (broad SMARTS) is 1. The Hall–Kier alpha value is -1.82. The van der Waals surface area contributed by atoms with Crippen LogP contribution in [0.3, 0.4) is 0 Å². The average molecular weight is 250 g/mol. The molecule has 0 saturated carbocycles. The van der Waals surface area contributed by atoms with Gasteiger partial charge < -0.3 is 20.6 Å². The number of nitrogen functional groups attached to an aromatic ring is 1. The summed E-state index contributed by atoms with van der Waals surface area (Å²) in [5.41, 5.74) is 5.93. The zero-order chi connectivity index (χ0) is 13.1. The number of likely N-dealkylation sites (N-methyl/N-ethyl adjacent to an activating group) is 1. The molecule has 2 heterocycles. The highest BCUT2D eigenvalue weighted by atomic mass is 16.4. The lowest BCUT2D eigenvalue weighted by atomic mass is 10.2. The second-order valence-electron chi connectivity index (χ2n) is 4.58. The second-order valence-corrected chi connectivity index (χ2v) is 4.58. The molecule has 98 valence electrons. The molecular weight excluding hydrogens is 232 g/mol. The van der Waals surface area contributed by atoms with Crippen LogP contribution in [0.4, 0.5) is 11.5 Å². The minimum absolute atomic E-state index is 0.123. The molecule has 2 rings (SSSR count). The first-order chi connectivity index (χ1) is 8.58. The van der Waals surface area contributed by atoms with E-state index in [2.05, 4.69) is 21.8 Å². The smallest absolute Gasteiger partial charge is 0.337 e. The van der Waals surface area contributed by atoms with Crippen LogP contribution in [0.15, 0.2) is 12.3 Å². The maximum Gasteiger partial charge on any atom is 0.337 e. The maximum absolute atomic E-state index is 11.0. The molecule has 0 spiro atoms. The molecule has 1 aliphatic heterocycles. The Balaban J connectivity index is 2.22. The van der Waals surface area contributed by atoms with Gasteiger partial charge in [-0.25, -0.2) is 9.78 Å². The van der Waals surface area contributed by atoms with Gasteiger partial charge in [0.2, 0.25) is 0 Å². The van der Waals surface area contributed by atoms with Crippen LogP contribution in [0.1, 0.15) is 16.8 Å². The lowest BCUT2D eigenvalue weighted by molar-refractivity contribution is 0.0698. The second kappa shape index (κ2) is 5.22. The SMILES string of the molecule is CN1CCCN(c2cc(C(=O)O)c(N)cn2)CC1. The van der Waals surface area contributed by atoms with Gasteiger partial charge in [0.25, 0.3) is 0 Å². The van der Waals surface area contributed by atoms with E-state index in [0.29, 0.717) is 5.82 Å². The van der Waals surface area contributed by atoms with Crippen molar-refractivity contribution in [3.05, 3.63) is 17.8 Å². The Kier molecular flexibility index (Phi) is 3.66.